The first-order valence-electron chi connectivity index (χ1n) is 17.0. The molecule has 9 nitrogen and oxygen atoms in total. The van der Waals surface area contributed by atoms with Crippen molar-refractivity contribution in [1.29, 1.82) is 0 Å². The molecule has 2 fully saturated rings. The zero-order valence-corrected chi connectivity index (χ0v) is 28.4. The van der Waals surface area contributed by atoms with Gasteiger partial charge in [0.25, 0.3) is 5.91 Å². The molecule has 3 N–H and O–H groups in total. The van der Waals surface area contributed by atoms with E-state index < -0.39 is 11.9 Å². The van der Waals surface area contributed by atoms with Crippen LogP contribution in [-0.4, -0.2) is 75.8 Å². The van der Waals surface area contributed by atoms with Gasteiger partial charge in [0.2, 0.25) is 11.8 Å². The number of alkyl halides is 1. The second-order valence-electron chi connectivity index (χ2n) is 13.1. The Bertz CT molecular complexity index is 1930. The molecule has 3 amide bonds. The van der Waals surface area contributed by atoms with Crippen LogP contribution in [0.25, 0.3) is 11.1 Å². The van der Waals surface area contributed by atoms with Crippen molar-refractivity contribution in [3.05, 3.63) is 124 Å². The molecule has 3 heterocycles. The van der Waals surface area contributed by atoms with E-state index in [9.17, 15) is 24.6 Å². The first-order valence-corrected chi connectivity index (χ1v) is 17.5. The van der Waals surface area contributed by atoms with E-state index in [1.807, 2.05) is 36.4 Å². The summed E-state index contributed by atoms with van der Waals surface area (Å²) in [6.45, 7) is 4.67. The molecule has 4 aromatic carbocycles. The van der Waals surface area contributed by atoms with E-state index in [0.29, 0.717) is 30.8 Å². The fraction of sp³-hybridized carbons (Fsp3) is 0.275. The van der Waals surface area contributed by atoms with Gasteiger partial charge in [-0.15, -0.1) is 11.6 Å². The molecular weight excluding hydrogens is 652 g/mol. The van der Waals surface area contributed by atoms with E-state index in [1.54, 1.807) is 29.2 Å². The van der Waals surface area contributed by atoms with Crippen LogP contribution in [0.4, 0.5) is 5.69 Å². The van der Waals surface area contributed by atoms with E-state index >= 15 is 0 Å². The summed E-state index contributed by atoms with van der Waals surface area (Å²) in [5.74, 6) is 0.0114. The van der Waals surface area contributed by atoms with Gasteiger partial charge in [-0.3, -0.25) is 24.6 Å². The normalized spacial score (nSPS) is 18.6. The van der Waals surface area contributed by atoms with E-state index in [4.69, 9.17) is 11.6 Å². The van der Waals surface area contributed by atoms with Crippen molar-refractivity contribution in [2.45, 2.75) is 38.4 Å². The molecule has 2 saturated heterocycles. The number of rotatable bonds is 9. The third-order valence-corrected chi connectivity index (χ3v) is 10.1. The van der Waals surface area contributed by atoms with Crippen molar-refractivity contribution in [1.82, 2.24) is 15.1 Å². The number of hydrogen-bond acceptors (Lipinski definition) is 7. The standard InChI is InChI=1S/C40H39ClN4O5/c41-18-17-34(27-4-10-32(46)11-5-27)38(29-6-12-33(47)13-7-29)28-2-8-31(9-3-28)44-21-19-43(20-22-44)24-26-1-14-35-30(23-26)25-45(40(35)50)36-15-16-37(48)42-39(36)49/h1-14,23,36,46-47H,15-22,24-25H2,(H,42,48,49)/b38-34+. The summed E-state index contributed by atoms with van der Waals surface area (Å²) in [4.78, 5) is 43.5. The predicted octanol–water partition coefficient (Wildman–Crippen LogP) is 5.77. The maximum Gasteiger partial charge on any atom is 0.255 e. The average molecular weight is 691 g/mol. The fourth-order valence-corrected chi connectivity index (χ4v) is 7.49. The summed E-state index contributed by atoms with van der Waals surface area (Å²) in [7, 11) is 0. The van der Waals surface area contributed by atoms with Gasteiger partial charge >= 0.3 is 0 Å². The van der Waals surface area contributed by atoms with Gasteiger partial charge in [0.15, 0.2) is 0 Å². The van der Waals surface area contributed by atoms with Crippen molar-refractivity contribution < 1.29 is 24.6 Å². The molecule has 256 valence electrons. The van der Waals surface area contributed by atoms with Gasteiger partial charge in [-0.2, -0.15) is 0 Å². The second kappa shape index (κ2) is 14.4. The van der Waals surface area contributed by atoms with E-state index in [-0.39, 0.29) is 29.7 Å². The molecule has 0 bridgehead atoms. The van der Waals surface area contributed by atoms with Gasteiger partial charge in [0.05, 0.1) is 0 Å². The Hall–Kier alpha value is -5.12. The number of imide groups is 1. The van der Waals surface area contributed by atoms with Crippen LogP contribution in [0.2, 0.25) is 0 Å². The van der Waals surface area contributed by atoms with Crippen LogP contribution in [0, 0.1) is 0 Å². The Morgan fingerprint density at radius 1 is 0.780 bits per heavy atom. The van der Waals surface area contributed by atoms with Crippen molar-refractivity contribution in [3.8, 4) is 11.5 Å². The fourth-order valence-electron chi connectivity index (χ4n) is 7.30. The molecule has 0 spiro atoms. The molecule has 0 aliphatic carbocycles. The molecule has 4 aromatic rings. The quantitative estimate of drug-likeness (QED) is 0.116. The van der Waals surface area contributed by atoms with Crippen molar-refractivity contribution in [2.75, 3.05) is 37.0 Å². The maximum atomic E-state index is 13.1. The summed E-state index contributed by atoms with van der Waals surface area (Å²) < 4.78 is 0. The van der Waals surface area contributed by atoms with E-state index in [2.05, 4.69) is 45.4 Å². The predicted molar refractivity (Wildman–Crippen MR) is 194 cm³/mol. The summed E-state index contributed by atoms with van der Waals surface area (Å²) >= 11 is 6.31. The van der Waals surface area contributed by atoms with Gasteiger partial charge in [0.1, 0.15) is 17.5 Å². The minimum Gasteiger partial charge on any atom is -0.508 e. The average Bonchev–Trinajstić information content (AvgIpc) is 3.44. The number of amides is 3. The number of aromatic hydroxyl groups is 2. The highest BCUT2D eigenvalue weighted by atomic mass is 35.5. The summed E-state index contributed by atoms with van der Waals surface area (Å²) in [5.41, 5.74) is 8.92. The number of phenolic OH excluding ortho intramolecular Hbond substituents is 2. The Morgan fingerprint density at radius 2 is 1.40 bits per heavy atom. The molecular formula is C40H39ClN4O5. The highest BCUT2D eigenvalue weighted by Gasteiger charge is 2.39. The van der Waals surface area contributed by atoms with Gasteiger partial charge < -0.3 is 20.0 Å². The van der Waals surface area contributed by atoms with E-state index in [0.717, 1.165) is 77.4 Å². The Labute approximate surface area is 296 Å². The van der Waals surface area contributed by atoms with Crippen molar-refractivity contribution in [2.24, 2.45) is 0 Å². The monoisotopic (exact) mass is 690 g/mol. The maximum absolute atomic E-state index is 13.1. The smallest absolute Gasteiger partial charge is 0.255 e. The third kappa shape index (κ3) is 6.97. The van der Waals surface area contributed by atoms with Crippen LogP contribution in [0.5, 0.6) is 11.5 Å². The SMILES string of the molecule is O=C1CCC(N2Cc3cc(CN4CCN(c5ccc(/C(=C(/CCCl)c6ccc(O)cc6)c6ccc(O)cc6)cc5)CC4)ccc3C2=O)C(=O)N1. The number of phenols is 2. The van der Waals surface area contributed by atoms with Crippen LogP contribution in [0.1, 0.15) is 57.4 Å². The topological polar surface area (TPSA) is 113 Å². The number of carbonyl (C=O) groups excluding carboxylic acids is 3. The van der Waals surface area contributed by atoms with Crippen LogP contribution in [0.15, 0.2) is 91.0 Å². The zero-order valence-electron chi connectivity index (χ0n) is 27.6. The lowest BCUT2D eigenvalue weighted by Crippen LogP contribution is -2.52. The lowest BCUT2D eigenvalue weighted by Gasteiger charge is -2.36. The van der Waals surface area contributed by atoms with Crippen LogP contribution in [-0.2, 0) is 22.7 Å². The largest absolute Gasteiger partial charge is 0.508 e. The molecule has 3 aliphatic rings. The molecule has 50 heavy (non-hydrogen) atoms. The first-order chi connectivity index (χ1) is 24.3. The number of fused-ring (bicyclic) bond motifs is 1. The first kappa shape index (κ1) is 33.4. The van der Waals surface area contributed by atoms with E-state index in [1.165, 1.54) is 0 Å². The number of nitrogens with one attached hydrogen (secondary N) is 1. The number of anilines is 1. The highest BCUT2D eigenvalue weighted by molar-refractivity contribution is 6.18. The number of nitrogens with zero attached hydrogens (tertiary/aromatic N) is 3. The lowest BCUT2D eigenvalue weighted by molar-refractivity contribution is -0.136. The lowest BCUT2D eigenvalue weighted by atomic mass is 9.88. The van der Waals surface area contributed by atoms with Gasteiger partial charge in [-0.25, -0.2) is 0 Å². The molecule has 1 atom stereocenters. The molecule has 1 unspecified atom stereocenters. The summed E-state index contributed by atoms with van der Waals surface area (Å²) in [6.07, 6.45) is 1.23. The Balaban J connectivity index is 1.03. The number of piperidine rings is 1. The third-order valence-electron chi connectivity index (χ3n) is 9.91. The van der Waals surface area contributed by atoms with Crippen LogP contribution in [0.3, 0.4) is 0 Å². The van der Waals surface area contributed by atoms with Crippen molar-refractivity contribution in [3.63, 3.8) is 0 Å². The van der Waals surface area contributed by atoms with Gasteiger partial charge in [-0.05, 0) is 94.3 Å². The van der Waals surface area contributed by atoms with Gasteiger partial charge in [-0.1, -0.05) is 48.5 Å². The summed E-state index contributed by atoms with van der Waals surface area (Å²) in [5, 5.41) is 22.3. The molecule has 0 aromatic heterocycles. The molecule has 3 aliphatic heterocycles. The number of hydrogen-bond donors (Lipinski definition) is 3. The van der Waals surface area contributed by atoms with Gasteiger partial charge in [0, 0.05) is 62.8 Å². The van der Waals surface area contributed by atoms with Crippen molar-refractivity contribution >= 4 is 46.2 Å². The number of allylic oxidation sites excluding steroid dienone is 1. The van der Waals surface area contributed by atoms with Crippen LogP contribution >= 0.6 is 11.6 Å². The minimum atomic E-state index is -0.611. The number of benzene rings is 4. The second-order valence-corrected chi connectivity index (χ2v) is 13.5. The molecule has 10 heteroatoms. The molecule has 0 saturated carbocycles. The molecule has 0 radical (unpaired) electrons. The Kier molecular flexibility index (Phi) is 9.61. The number of halogens is 1. The summed E-state index contributed by atoms with van der Waals surface area (Å²) in [6, 6.07) is 28.3. The Morgan fingerprint density at radius 3 is 2.02 bits per heavy atom. The molecule has 7 rings (SSSR count). The zero-order chi connectivity index (χ0) is 34.8. The number of piperazine rings is 1. The van der Waals surface area contributed by atoms with Crippen LogP contribution < -0.4 is 10.2 Å². The highest BCUT2D eigenvalue weighted by Crippen LogP contribution is 2.37. The number of carbonyl (C=O) groups is 3. The minimum absolute atomic E-state index is 0.151.